The zero-order valence-electron chi connectivity index (χ0n) is 14.3. The third-order valence-corrected chi connectivity index (χ3v) is 5.58. The predicted octanol–water partition coefficient (Wildman–Crippen LogP) is 3.01. The molecule has 2 N–H and O–H groups in total. The molecule has 0 saturated carbocycles. The van der Waals surface area contributed by atoms with Crippen LogP contribution in [-0.2, 0) is 32.0 Å². The molecule has 1 fully saturated rings. The van der Waals surface area contributed by atoms with Crippen molar-refractivity contribution >= 4 is 15.6 Å². The van der Waals surface area contributed by atoms with Crippen molar-refractivity contribution in [3.63, 3.8) is 0 Å². The Morgan fingerprint density at radius 3 is 2.50 bits per heavy atom. The molecule has 1 saturated heterocycles. The molecule has 5 atom stereocenters. The molecule has 11 heteroatoms. The lowest BCUT2D eigenvalue weighted by Gasteiger charge is -2.28. The van der Waals surface area contributed by atoms with Crippen LogP contribution in [0.5, 0.6) is 0 Å². The van der Waals surface area contributed by atoms with Gasteiger partial charge >= 0.3 is 15.6 Å². The van der Waals surface area contributed by atoms with Gasteiger partial charge in [0.1, 0.15) is 12.2 Å². The average molecular weight is 390 g/mol. The maximum atomic E-state index is 12.0. The summed E-state index contributed by atoms with van der Waals surface area (Å²) in [7, 11) is -7.37. The Labute approximate surface area is 142 Å². The third kappa shape index (κ3) is 7.60. The van der Waals surface area contributed by atoms with Gasteiger partial charge in [-0.2, -0.15) is 0 Å². The summed E-state index contributed by atoms with van der Waals surface area (Å²) in [5.74, 6) is 0. The third-order valence-electron chi connectivity index (χ3n) is 3.54. The van der Waals surface area contributed by atoms with Crippen molar-refractivity contribution < 1.29 is 41.7 Å². The van der Waals surface area contributed by atoms with E-state index >= 15 is 0 Å². The molecule has 1 aliphatic heterocycles. The van der Waals surface area contributed by atoms with E-state index in [1.165, 1.54) is 0 Å². The second-order valence-electron chi connectivity index (χ2n) is 5.51. The van der Waals surface area contributed by atoms with Crippen LogP contribution in [0.2, 0.25) is 0 Å². The largest absolute Gasteiger partial charge is 0.472 e. The molecular formula is C13H28O9P2. The van der Waals surface area contributed by atoms with Crippen LogP contribution in [0, 0.1) is 0 Å². The number of phosphoric acid groups is 2. The molecule has 0 spiro atoms. The molecular weight excluding hydrogens is 362 g/mol. The normalized spacial score (nSPS) is 27.5. The summed E-state index contributed by atoms with van der Waals surface area (Å²) in [6.45, 7) is 4.22. The molecule has 144 valence electrons. The smallest absolute Gasteiger partial charge is 0.373 e. The van der Waals surface area contributed by atoms with Crippen LogP contribution < -0.4 is 0 Å². The van der Waals surface area contributed by atoms with E-state index in [-0.39, 0.29) is 13.2 Å². The first-order valence-corrected chi connectivity index (χ1v) is 11.1. The lowest BCUT2D eigenvalue weighted by Crippen LogP contribution is -2.37. The van der Waals surface area contributed by atoms with Gasteiger partial charge in [0.15, 0.2) is 0 Å². The van der Waals surface area contributed by atoms with Crippen LogP contribution in [-0.4, -0.2) is 48.4 Å². The highest BCUT2D eigenvalue weighted by Gasteiger charge is 2.43. The Balaban J connectivity index is 2.73. The van der Waals surface area contributed by atoms with Crippen molar-refractivity contribution in [2.24, 2.45) is 0 Å². The average Bonchev–Trinajstić information content (AvgIpc) is 2.94. The summed E-state index contributed by atoms with van der Waals surface area (Å²) >= 11 is 0. The summed E-state index contributed by atoms with van der Waals surface area (Å²) in [5, 5.41) is 0. The van der Waals surface area contributed by atoms with Gasteiger partial charge in [0.2, 0.25) is 0 Å². The fraction of sp³-hybridized carbons (Fsp3) is 1.00. The Morgan fingerprint density at radius 1 is 1.21 bits per heavy atom. The second-order valence-corrected chi connectivity index (χ2v) is 8.43. The number of ether oxygens (including phenoxy) is 1. The van der Waals surface area contributed by atoms with Crippen molar-refractivity contribution in [2.45, 2.75) is 64.3 Å². The summed E-state index contributed by atoms with van der Waals surface area (Å²) in [6.07, 6.45) is 0.570. The number of hydrogen-bond donors (Lipinski definition) is 2. The van der Waals surface area contributed by atoms with Crippen LogP contribution in [0.1, 0.15) is 46.0 Å². The van der Waals surface area contributed by atoms with Gasteiger partial charge in [-0.1, -0.05) is 26.7 Å². The van der Waals surface area contributed by atoms with E-state index in [0.717, 1.165) is 13.5 Å². The zero-order valence-corrected chi connectivity index (χ0v) is 16.1. The minimum atomic E-state index is -4.22. The van der Waals surface area contributed by atoms with Crippen molar-refractivity contribution in [3.05, 3.63) is 0 Å². The van der Waals surface area contributed by atoms with Gasteiger partial charge < -0.3 is 14.5 Å². The number of unbranched alkanes of at least 4 members (excludes halogenated alkanes) is 1. The first-order valence-electron chi connectivity index (χ1n) is 8.09. The van der Waals surface area contributed by atoms with E-state index < -0.39 is 34.0 Å². The van der Waals surface area contributed by atoms with Gasteiger partial charge in [-0.3, -0.25) is 18.1 Å². The number of rotatable bonds is 12. The SMILES string of the molecule is CCCCOP(=O)(O)O[C@H]1CCO[C@@H]1C(CCC)OP(=O)(O)OC. The Kier molecular flexibility index (Phi) is 9.59. The van der Waals surface area contributed by atoms with Crippen molar-refractivity contribution in [2.75, 3.05) is 20.3 Å². The summed E-state index contributed by atoms with van der Waals surface area (Å²) in [6, 6.07) is 0. The lowest BCUT2D eigenvalue weighted by atomic mass is 10.0. The predicted molar refractivity (Wildman–Crippen MR) is 86.5 cm³/mol. The van der Waals surface area contributed by atoms with Crippen LogP contribution in [0.15, 0.2) is 0 Å². The maximum Gasteiger partial charge on any atom is 0.472 e. The topological polar surface area (TPSA) is 121 Å². The monoisotopic (exact) mass is 390 g/mol. The van der Waals surface area contributed by atoms with Crippen molar-refractivity contribution in [1.29, 1.82) is 0 Å². The summed E-state index contributed by atoms with van der Waals surface area (Å²) in [4.78, 5) is 19.3. The molecule has 1 aliphatic rings. The van der Waals surface area contributed by atoms with Crippen LogP contribution in [0.3, 0.4) is 0 Å². The molecule has 0 radical (unpaired) electrons. The quantitative estimate of drug-likeness (QED) is 0.382. The van der Waals surface area contributed by atoms with Gasteiger partial charge in [-0.05, 0) is 12.8 Å². The molecule has 24 heavy (non-hydrogen) atoms. The van der Waals surface area contributed by atoms with Crippen LogP contribution >= 0.6 is 15.6 Å². The van der Waals surface area contributed by atoms with Gasteiger partial charge in [-0.15, -0.1) is 0 Å². The molecule has 0 amide bonds. The summed E-state index contributed by atoms with van der Waals surface area (Å²) in [5.41, 5.74) is 0. The minimum Gasteiger partial charge on any atom is -0.373 e. The zero-order chi connectivity index (χ0) is 18.2. The molecule has 0 aliphatic carbocycles. The molecule has 0 aromatic heterocycles. The van der Waals surface area contributed by atoms with E-state index in [9.17, 15) is 18.9 Å². The Hall–Kier alpha value is 0.180. The van der Waals surface area contributed by atoms with E-state index in [4.69, 9.17) is 18.3 Å². The number of phosphoric ester groups is 2. The van der Waals surface area contributed by atoms with Gasteiger partial charge in [0, 0.05) is 20.1 Å². The van der Waals surface area contributed by atoms with E-state index in [2.05, 4.69) is 4.52 Å². The second kappa shape index (κ2) is 10.4. The Morgan fingerprint density at radius 2 is 1.92 bits per heavy atom. The van der Waals surface area contributed by atoms with Gasteiger partial charge in [-0.25, -0.2) is 9.13 Å². The van der Waals surface area contributed by atoms with Crippen molar-refractivity contribution in [3.8, 4) is 0 Å². The molecule has 0 bridgehead atoms. The highest BCUT2D eigenvalue weighted by atomic mass is 31.2. The highest BCUT2D eigenvalue weighted by molar-refractivity contribution is 7.47. The van der Waals surface area contributed by atoms with E-state index in [1.54, 1.807) is 0 Å². The molecule has 0 aromatic rings. The van der Waals surface area contributed by atoms with Crippen LogP contribution in [0.25, 0.3) is 0 Å². The fourth-order valence-electron chi connectivity index (χ4n) is 2.35. The minimum absolute atomic E-state index is 0.118. The lowest BCUT2D eigenvalue weighted by molar-refractivity contribution is -0.0481. The summed E-state index contributed by atoms with van der Waals surface area (Å²) < 4.78 is 48.9. The first kappa shape index (κ1) is 22.2. The van der Waals surface area contributed by atoms with Crippen LogP contribution in [0.4, 0.5) is 0 Å². The Bertz CT molecular complexity index is 459. The maximum absolute atomic E-state index is 12.0. The molecule has 1 rings (SSSR count). The molecule has 1 heterocycles. The molecule has 0 aromatic carbocycles. The molecule has 3 unspecified atom stereocenters. The standard InChI is InChI=1S/C13H28O9P2/c1-4-6-9-20-24(16,17)22-12-8-10-19-13(12)11(7-5-2)21-23(14,15)18-3/h11-13H,4-10H2,1-3H3,(H,14,15)(H,16,17)/t11?,12-,13+/m0/s1. The first-order chi connectivity index (χ1) is 11.2. The number of hydrogen-bond acceptors (Lipinski definition) is 7. The van der Waals surface area contributed by atoms with E-state index in [0.29, 0.717) is 25.7 Å². The highest BCUT2D eigenvalue weighted by Crippen LogP contribution is 2.49. The van der Waals surface area contributed by atoms with Gasteiger partial charge in [0.25, 0.3) is 0 Å². The fourth-order valence-corrected chi connectivity index (χ4v) is 3.99. The van der Waals surface area contributed by atoms with E-state index in [1.807, 2.05) is 13.8 Å². The van der Waals surface area contributed by atoms with Crippen molar-refractivity contribution in [1.82, 2.24) is 0 Å². The molecule has 9 nitrogen and oxygen atoms in total. The van der Waals surface area contributed by atoms with Gasteiger partial charge in [0.05, 0.1) is 12.7 Å².